The average molecular weight is 217 g/mol. The summed E-state index contributed by atoms with van der Waals surface area (Å²) < 4.78 is 0. The Morgan fingerprint density at radius 3 is 2.69 bits per heavy atom. The quantitative estimate of drug-likeness (QED) is 0.818. The van der Waals surface area contributed by atoms with Crippen LogP contribution in [0.4, 0.5) is 0 Å². The normalized spacial score (nSPS) is 24.9. The fraction of sp³-hybridized carbons (Fsp3) is 0.600. The van der Waals surface area contributed by atoms with Crippen molar-refractivity contribution in [2.24, 2.45) is 5.92 Å². The Morgan fingerprint density at radius 1 is 1.19 bits per heavy atom. The molecule has 16 heavy (non-hydrogen) atoms. The molecule has 0 radical (unpaired) electrons. The zero-order valence-electron chi connectivity index (χ0n) is 10.7. The number of hydrogen-bond acceptors (Lipinski definition) is 1. The molecule has 0 spiro atoms. The lowest BCUT2D eigenvalue weighted by molar-refractivity contribution is 0.462. The number of aryl methyl sites for hydroxylation is 2. The van der Waals surface area contributed by atoms with Crippen molar-refractivity contribution in [1.82, 2.24) is 5.32 Å². The maximum absolute atomic E-state index is 3.34. The highest BCUT2D eigenvalue weighted by Crippen LogP contribution is 2.39. The molecule has 0 aromatic heterocycles. The second kappa shape index (κ2) is 5.01. The van der Waals surface area contributed by atoms with Gasteiger partial charge in [-0.05, 0) is 68.8 Å². The molecular weight excluding hydrogens is 194 g/mol. The molecule has 2 unspecified atom stereocenters. The third kappa shape index (κ3) is 2.30. The van der Waals surface area contributed by atoms with Crippen molar-refractivity contribution in [2.45, 2.75) is 39.0 Å². The second-order valence-corrected chi connectivity index (χ2v) is 5.20. The molecule has 1 aromatic rings. The maximum Gasteiger partial charge on any atom is -0.00177 e. The van der Waals surface area contributed by atoms with Gasteiger partial charge in [-0.3, -0.25) is 0 Å². The van der Waals surface area contributed by atoms with Gasteiger partial charge in [0, 0.05) is 0 Å². The lowest BCUT2D eigenvalue weighted by Gasteiger charge is -2.20. The second-order valence-electron chi connectivity index (χ2n) is 5.20. The summed E-state index contributed by atoms with van der Waals surface area (Å²) in [6.45, 7) is 5.58. The van der Waals surface area contributed by atoms with Gasteiger partial charge in [0.25, 0.3) is 0 Å². The van der Waals surface area contributed by atoms with Crippen LogP contribution in [0.1, 0.15) is 41.9 Å². The fourth-order valence-electron chi connectivity index (χ4n) is 2.98. The van der Waals surface area contributed by atoms with E-state index in [1.807, 2.05) is 0 Å². The highest BCUT2D eigenvalue weighted by molar-refractivity contribution is 5.32. The molecule has 1 nitrogen and oxygen atoms in total. The van der Waals surface area contributed by atoms with Crippen LogP contribution in [-0.2, 0) is 0 Å². The standard InChI is InChI=1S/C15H23N/c1-11-7-8-13(9-12(11)2)15-6-4-5-14(15)10-16-3/h7-9,14-16H,4-6,10H2,1-3H3. The highest BCUT2D eigenvalue weighted by atomic mass is 14.8. The predicted molar refractivity (Wildman–Crippen MR) is 69.9 cm³/mol. The number of hydrogen-bond donors (Lipinski definition) is 1. The van der Waals surface area contributed by atoms with E-state index in [2.05, 4.69) is 44.4 Å². The molecule has 0 saturated heterocycles. The Kier molecular flexibility index (Phi) is 3.65. The van der Waals surface area contributed by atoms with Crippen molar-refractivity contribution < 1.29 is 0 Å². The summed E-state index contributed by atoms with van der Waals surface area (Å²) in [5, 5.41) is 3.34. The summed E-state index contributed by atoms with van der Waals surface area (Å²) in [5.41, 5.74) is 4.40. The number of nitrogens with one attached hydrogen (secondary N) is 1. The molecule has 1 aromatic carbocycles. The van der Waals surface area contributed by atoms with Crippen molar-refractivity contribution in [3.63, 3.8) is 0 Å². The van der Waals surface area contributed by atoms with Gasteiger partial charge in [-0.15, -0.1) is 0 Å². The highest BCUT2D eigenvalue weighted by Gasteiger charge is 2.27. The van der Waals surface area contributed by atoms with Crippen molar-refractivity contribution >= 4 is 0 Å². The smallest absolute Gasteiger partial charge is 0.00177 e. The van der Waals surface area contributed by atoms with Gasteiger partial charge in [0.15, 0.2) is 0 Å². The van der Waals surface area contributed by atoms with Crippen LogP contribution in [0.25, 0.3) is 0 Å². The van der Waals surface area contributed by atoms with E-state index in [4.69, 9.17) is 0 Å². The maximum atomic E-state index is 3.34. The molecule has 1 aliphatic rings. The van der Waals surface area contributed by atoms with Gasteiger partial charge in [0.05, 0.1) is 0 Å². The monoisotopic (exact) mass is 217 g/mol. The van der Waals surface area contributed by atoms with Crippen LogP contribution in [0.3, 0.4) is 0 Å². The zero-order chi connectivity index (χ0) is 11.5. The Bertz CT molecular complexity index is 356. The van der Waals surface area contributed by atoms with Crippen LogP contribution >= 0.6 is 0 Å². The molecular formula is C15H23N. The van der Waals surface area contributed by atoms with E-state index in [-0.39, 0.29) is 0 Å². The molecule has 88 valence electrons. The van der Waals surface area contributed by atoms with Crippen LogP contribution in [0.2, 0.25) is 0 Å². The molecule has 0 aliphatic heterocycles. The minimum Gasteiger partial charge on any atom is -0.319 e. The SMILES string of the molecule is CNCC1CCCC1c1ccc(C)c(C)c1. The van der Waals surface area contributed by atoms with Crippen LogP contribution < -0.4 is 5.32 Å². The summed E-state index contributed by atoms with van der Waals surface area (Å²) >= 11 is 0. The van der Waals surface area contributed by atoms with E-state index in [1.54, 1.807) is 5.56 Å². The molecule has 1 saturated carbocycles. The van der Waals surface area contributed by atoms with E-state index < -0.39 is 0 Å². The fourth-order valence-corrected chi connectivity index (χ4v) is 2.98. The summed E-state index contributed by atoms with van der Waals surface area (Å²) in [6, 6.07) is 7.01. The first-order valence-electron chi connectivity index (χ1n) is 6.44. The van der Waals surface area contributed by atoms with Gasteiger partial charge in [0.2, 0.25) is 0 Å². The molecule has 1 aliphatic carbocycles. The van der Waals surface area contributed by atoms with E-state index in [0.717, 1.165) is 18.4 Å². The minimum absolute atomic E-state index is 0.784. The van der Waals surface area contributed by atoms with Crippen LogP contribution in [0.15, 0.2) is 18.2 Å². The van der Waals surface area contributed by atoms with Crippen LogP contribution in [-0.4, -0.2) is 13.6 Å². The van der Waals surface area contributed by atoms with E-state index in [9.17, 15) is 0 Å². The largest absolute Gasteiger partial charge is 0.319 e. The van der Waals surface area contributed by atoms with Gasteiger partial charge >= 0.3 is 0 Å². The van der Waals surface area contributed by atoms with Crippen LogP contribution in [0, 0.1) is 19.8 Å². The third-order valence-corrected chi connectivity index (χ3v) is 4.08. The summed E-state index contributed by atoms with van der Waals surface area (Å²) in [5.74, 6) is 1.62. The molecule has 2 atom stereocenters. The summed E-state index contributed by atoms with van der Waals surface area (Å²) in [7, 11) is 2.07. The Morgan fingerprint density at radius 2 is 2.00 bits per heavy atom. The van der Waals surface area contributed by atoms with E-state index in [0.29, 0.717) is 0 Å². The van der Waals surface area contributed by atoms with E-state index >= 15 is 0 Å². The number of rotatable bonds is 3. The molecule has 1 N–H and O–H groups in total. The van der Waals surface area contributed by atoms with Gasteiger partial charge in [-0.2, -0.15) is 0 Å². The molecule has 0 bridgehead atoms. The Balaban J connectivity index is 2.19. The minimum atomic E-state index is 0.784. The predicted octanol–water partition coefficient (Wildman–Crippen LogP) is 3.41. The first-order valence-corrected chi connectivity index (χ1v) is 6.44. The first kappa shape index (κ1) is 11.7. The Hall–Kier alpha value is -0.820. The van der Waals surface area contributed by atoms with E-state index in [1.165, 1.54) is 30.4 Å². The molecule has 0 amide bonds. The van der Waals surface area contributed by atoms with Gasteiger partial charge in [-0.1, -0.05) is 24.6 Å². The Labute approximate surface area is 99.3 Å². The zero-order valence-corrected chi connectivity index (χ0v) is 10.7. The third-order valence-electron chi connectivity index (χ3n) is 4.08. The molecule has 1 heteroatoms. The van der Waals surface area contributed by atoms with Crippen molar-refractivity contribution in [1.29, 1.82) is 0 Å². The topological polar surface area (TPSA) is 12.0 Å². The van der Waals surface area contributed by atoms with Gasteiger partial charge < -0.3 is 5.32 Å². The molecule has 0 heterocycles. The van der Waals surface area contributed by atoms with Crippen LogP contribution in [0.5, 0.6) is 0 Å². The molecule has 2 rings (SSSR count). The van der Waals surface area contributed by atoms with Crippen molar-refractivity contribution in [2.75, 3.05) is 13.6 Å². The molecule has 1 fully saturated rings. The lowest BCUT2D eigenvalue weighted by atomic mass is 9.87. The van der Waals surface area contributed by atoms with Gasteiger partial charge in [0.1, 0.15) is 0 Å². The lowest BCUT2D eigenvalue weighted by Crippen LogP contribution is -2.21. The number of benzene rings is 1. The van der Waals surface area contributed by atoms with Crippen molar-refractivity contribution in [3.8, 4) is 0 Å². The summed E-state index contributed by atoms with van der Waals surface area (Å²) in [4.78, 5) is 0. The van der Waals surface area contributed by atoms with Gasteiger partial charge in [-0.25, -0.2) is 0 Å². The summed E-state index contributed by atoms with van der Waals surface area (Å²) in [6.07, 6.45) is 4.15. The first-order chi connectivity index (χ1) is 7.72. The van der Waals surface area contributed by atoms with Crippen molar-refractivity contribution in [3.05, 3.63) is 34.9 Å². The average Bonchev–Trinajstić information content (AvgIpc) is 2.71.